The van der Waals surface area contributed by atoms with Crippen molar-refractivity contribution in [3.05, 3.63) is 71.3 Å². The molecule has 116 valence electrons. The molecule has 23 heavy (non-hydrogen) atoms. The van der Waals surface area contributed by atoms with Crippen LogP contribution in [0.15, 0.2) is 60.2 Å². The monoisotopic (exact) mass is 305 g/mol. The van der Waals surface area contributed by atoms with Crippen LogP contribution in [0.5, 0.6) is 5.75 Å². The molecule has 0 spiro atoms. The summed E-state index contributed by atoms with van der Waals surface area (Å²) in [7, 11) is 0. The number of nitriles is 1. The number of hydrogen-bond acceptors (Lipinski definition) is 3. The molecule has 0 unspecified atom stereocenters. The first-order valence-electron chi connectivity index (χ1n) is 7.53. The van der Waals surface area contributed by atoms with Gasteiger partial charge in [-0.1, -0.05) is 56.3 Å². The summed E-state index contributed by atoms with van der Waals surface area (Å²) in [5.74, 6) is 0.360. The number of ketones is 1. The molecule has 0 saturated heterocycles. The van der Waals surface area contributed by atoms with Crippen molar-refractivity contribution in [3.8, 4) is 11.8 Å². The summed E-state index contributed by atoms with van der Waals surface area (Å²) in [6.45, 7) is 4.05. The third kappa shape index (κ3) is 4.82. The highest BCUT2D eigenvalue weighted by atomic mass is 16.5. The van der Waals surface area contributed by atoms with Crippen molar-refractivity contribution in [1.82, 2.24) is 0 Å². The minimum Gasteiger partial charge on any atom is -0.489 e. The van der Waals surface area contributed by atoms with E-state index in [4.69, 9.17) is 10.00 Å². The molecule has 2 aromatic rings. The molecular weight excluding hydrogens is 286 g/mol. The number of Topliss-reactive ketones (excluding diaryl/α,β-unsaturated/α-hetero) is 1. The summed E-state index contributed by atoms with van der Waals surface area (Å²) < 4.78 is 5.76. The molecule has 0 fully saturated rings. The van der Waals surface area contributed by atoms with Crippen molar-refractivity contribution >= 4 is 11.9 Å². The van der Waals surface area contributed by atoms with E-state index in [1.165, 1.54) is 0 Å². The number of rotatable bonds is 6. The number of carbonyl (C=O) groups excluding carboxylic acids is 1. The topological polar surface area (TPSA) is 50.1 Å². The Morgan fingerprint density at radius 1 is 1.17 bits per heavy atom. The summed E-state index contributed by atoms with van der Waals surface area (Å²) in [5.41, 5.74) is 2.03. The molecule has 0 aliphatic heterocycles. The Morgan fingerprint density at radius 3 is 2.57 bits per heavy atom. The molecule has 0 saturated carbocycles. The van der Waals surface area contributed by atoms with Crippen LogP contribution in [0.1, 0.15) is 25.0 Å². The van der Waals surface area contributed by atoms with Crippen LogP contribution >= 0.6 is 0 Å². The van der Waals surface area contributed by atoms with Gasteiger partial charge in [0.15, 0.2) is 5.78 Å². The second-order valence-electron chi connectivity index (χ2n) is 5.54. The second kappa shape index (κ2) is 7.95. The number of benzene rings is 2. The molecule has 2 rings (SSSR count). The predicted octanol–water partition coefficient (Wildman–Crippen LogP) is 4.40. The number of nitrogens with zero attached hydrogens (tertiary/aromatic N) is 1. The fraction of sp³-hybridized carbons (Fsp3) is 0.200. The Hall–Kier alpha value is -2.86. The Kier molecular flexibility index (Phi) is 5.71. The maximum absolute atomic E-state index is 12.0. The van der Waals surface area contributed by atoms with Crippen molar-refractivity contribution in [1.29, 1.82) is 5.26 Å². The third-order valence-electron chi connectivity index (χ3n) is 3.33. The SMILES string of the molecule is CC(C)C(=O)/C(C#N)=C\c1cccc(OCc2ccccc2)c1. The van der Waals surface area contributed by atoms with Crippen LogP contribution in [-0.4, -0.2) is 5.78 Å². The normalized spacial score (nSPS) is 11.1. The molecule has 0 atom stereocenters. The van der Waals surface area contributed by atoms with Crippen molar-refractivity contribution in [2.45, 2.75) is 20.5 Å². The van der Waals surface area contributed by atoms with E-state index in [9.17, 15) is 4.79 Å². The summed E-state index contributed by atoms with van der Waals surface area (Å²) in [5, 5.41) is 9.16. The minimum atomic E-state index is -0.196. The first kappa shape index (κ1) is 16.5. The molecule has 2 aromatic carbocycles. The van der Waals surface area contributed by atoms with Crippen molar-refractivity contribution < 1.29 is 9.53 Å². The van der Waals surface area contributed by atoms with Gasteiger partial charge in [-0.15, -0.1) is 0 Å². The maximum Gasteiger partial charge on any atom is 0.175 e. The lowest BCUT2D eigenvalue weighted by atomic mass is 10.00. The van der Waals surface area contributed by atoms with Gasteiger partial charge in [0.2, 0.25) is 0 Å². The zero-order valence-corrected chi connectivity index (χ0v) is 13.3. The Morgan fingerprint density at radius 2 is 1.91 bits per heavy atom. The van der Waals surface area contributed by atoms with Gasteiger partial charge >= 0.3 is 0 Å². The van der Waals surface area contributed by atoms with Gasteiger partial charge in [0, 0.05) is 5.92 Å². The van der Waals surface area contributed by atoms with E-state index in [0.29, 0.717) is 12.4 Å². The van der Waals surface area contributed by atoms with Crippen LogP contribution in [0.2, 0.25) is 0 Å². The molecule has 0 aliphatic carbocycles. The highest BCUT2D eigenvalue weighted by Crippen LogP contribution is 2.18. The standard InChI is InChI=1S/C20H19NO2/c1-15(2)20(22)18(13-21)11-17-9-6-10-19(12-17)23-14-16-7-4-3-5-8-16/h3-12,15H,14H2,1-2H3/b18-11-. The van der Waals surface area contributed by atoms with Crippen molar-refractivity contribution in [3.63, 3.8) is 0 Å². The molecular formula is C20H19NO2. The van der Waals surface area contributed by atoms with E-state index in [0.717, 1.165) is 11.1 Å². The van der Waals surface area contributed by atoms with Gasteiger partial charge in [-0.05, 0) is 29.3 Å². The van der Waals surface area contributed by atoms with Crippen LogP contribution in [0.25, 0.3) is 6.08 Å². The fourth-order valence-electron chi connectivity index (χ4n) is 2.07. The van der Waals surface area contributed by atoms with Crippen molar-refractivity contribution in [2.24, 2.45) is 5.92 Å². The fourth-order valence-corrected chi connectivity index (χ4v) is 2.07. The summed E-state index contributed by atoms with van der Waals surface area (Å²) in [4.78, 5) is 12.0. The highest BCUT2D eigenvalue weighted by molar-refractivity contribution is 6.04. The third-order valence-corrected chi connectivity index (χ3v) is 3.33. The molecule has 3 heteroatoms. The average Bonchev–Trinajstić information content (AvgIpc) is 2.58. The lowest BCUT2D eigenvalue weighted by Crippen LogP contribution is -2.08. The van der Waals surface area contributed by atoms with Gasteiger partial charge in [-0.25, -0.2) is 0 Å². The van der Waals surface area contributed by atoms with Crippen LogP contribution in [0, 0.1) is 17.2 Å². The predicted molar refractivity (Wildman–Crippen MR) is 90.7 cm³/mol. The maximum atomic E-state index is 12.0. The van der Waals surface area contributed by atoms with E-state index in [2.05, 4.69) is 0 Å². The van der Waals surface area contributed by atoms with Gasteiger partial charge in [0.05, 0.1) is 5.57 Å². The van der Waals surface area contributed by atoms with Gasteiger partial charge in [0.25, 0.3) is 0 Å². The largest absolute Gasteiger partial charge is 0.489 e. The van der Waals surface area contributed by atoms with E-state index in [-0.39, 0.29) is 17.3 Å². The van der Waals surface area contributed by atoms with Crippen molar-refractivity contribution in [2.75, 3.05) is 0 Å². The van der Waals surface area contributed by atoms with Crippen LogP contribution < -0.4 is 4.74 Å². The Bertz CT molecular complexity index is 740. The average molecular weight is 305 g/mol. The summed E-state index contributed by atoms with van der Waals surface area (Å²) >= 11 is 0. The molecule has 3 nitrogen and oxygen atoms in total. The van der Waals surface area contributed by atoms with E-state index in [1.54, 1.807) is 19.9 Å². The molecule has 0 aliphatic rings. The lowest BCUT2D eigenvalue weighted by molar-refractivity contribution is -0.117. The van der Waals surface area contributed by atoms with Gasteiger partial charge < -0.3 is 4.74 Å². The summed E-state index contributed by atoms with van der Waals surface area (Å²) in [6.07, 6.45) is 1.61. The molecule has 0 aromatic heterocycles. The van der Waals surface area contributed by atoms with Crippen LogP contribution in [0.3, 0.4) is 0 Å². The minimum absolute atomic E-state index is 0.150. The smallest absolute Gasteiger partial charge is 0.175 e. The van der Waals surface area contributed by atoms with Gasteiger partial charge in [-0.2, -0.15) is 5.26 Å². The lowest BCUT2D eigenvalue weighted by Gasteiger charge is -2.07. The number of ether oxygens (including phenoxy) is 1. The quantitative estimate of drug-likeness (QED) is 0.587. The molecule has 0 amide bonds. The first-order chi connectivity index (χ1) is 11.1. The number of carbonyl (C=O) groups is 1. The van der Waals surface area contributed by atoms with Gasteiger partial charge in [-0.3, -0.25) is 4.79 Å². The number of hydrogen-bond donors (Lipinski definition) is 0. The Balaban J connectivity index is 2.13. The second-order valence-corrected chi connectivity index (χ2v) is 5.54. The molecule has 0 N–H and O–H groups in total. The Labute approximate surface area is 136 Å². The summed E-state index contributed by atoms with van der Waals surface area (Å²) in [6, 6.07) is 19.3. The van der Waals surface area contributed by atoms with Crippen LogP contribution in [0.4, 0.5) is 0 Å². The highest BCUT2D eigenvalue weighted by Gasteiger charge is 2.13. The molecule has 0 bridgehead atoms. The van der Waals surface area contributed by atoms with E-state index < -0.39 is 0 Å². The van der Waals surface area contributed by atoms with Gasteiger partial charge in [0.1, 0.15) is 18.4 Å². The van der Waals surface area contributed by atoms with E-state index >= 15 is 0 Å². The molecule has 0 radical (unpaired) electrons. The molecule has 0 heterocycles. The zero-order chi connectivity index (χ0) is 16.7. The van der Waals surface area contributed by atoms with Crippen LogP contribution in [-0.2, 0) is 11.4 Å². The van der Waals surface area contributed by atoms with E-state index in [1.807, 2.05) is 60.7 Å². The first-order valence-corrected chi connectivity index (χ1v) is 7.53. The zero-order valence-electron chi connectivity index (χ0n) is 13.3. The number of allylic oxidation sites excluding steroid dienone is 1.